The molecule has 1 unspecified atom stereocenters. The first-order valence-electron chi connectivity index (χ1n) is 8.90. The third kappa shape index (κ3) is 3.61. The van der Waals surface area contributed by atoms with Crippen LogP contribution in [-0.4, -0.2) is 42.5 Å². The van der Waals surface area contributed by atoms with Crippen LogP contribution in [0, 0.1) is 11.8 Å². The molecule has 3 rings (SSSR count). The second-order valence-electron chi connectivity index (χ2n) is 6.74. The number of carbonyl (C=O) groups excluding carboxylic acids is 2. The topological polar surface area (TPSA) is 65.1 Å². The van der Waals surface area contributed by atoms with Crippen LogP contribution >= 0.6 is 0 Å². The Labute approximate surface area is 148 Å². The van der Waals surface area contributed by atoms with Gasteiger partial charge in [-0.3, -0.25) is 14.4 Å². The molecule has 0 aromatic heterocycles. The van der Waals surface area contributed by atoms with Gasteiger partial charge in [0.15, 0.2) is 6.29 Å². The van der Waals surface area contributed by atoms with Crippen LogP contribution in [0.15, 0.2) is 24.3 Å². The Kier molecular flexibility index (Phi) is 5.51. The van der Waals surface area contributed by atoms with Gasteiger partial charge in [0.1, 0.15) is 0 Å². The fourth-order valence-corrected chi connectivity index (χ4v) is 3.43. The molecular weight excluding hydrogens is 322 g/mol. The molecule has 6 heteroatoms. The summed E-state index contributed by atoms with van der Waals surface area (Å²) in [5, 5.41) is 0.815. The molecule has 0 saturated carbocycles. The van der Waals surface area contributed by atoms with Crippen LogP contribution in [0.5, 0.6) is 0 Å². The van der Waals surface area contributed by atoms with E-state index in [-0.39, 0.29) is 25.6 Å². The average Bonchev–Trinajstić information content (AvgIpc) is 2.86. The Hall–Kier alpha value is -1.76. The minimum absolute atomic E-state index is 0.117. The van der Waals surface area contributed by atoms with Gasteiger partial charge < -0.3 is 9.47 Å². The molecule has 2 aliphatic heterocycles. The first kappa shape index (κ1) is 18.0. The van der Waals surface area contributed by atoms with Gasteiger partial charge in [-0.25, -0.2) is 0 Å². The lowest BCUT2D eigenvalue weighted by Crippen LogP contribution is -2.40. The highest BCUT2D eigenvalue weighted by molar-refractivity contribution is 6.20. The molecule has 2 heterocycles. The summed E-state index contributed by atoms with van der Waals surface area (Å²) in [6.07, 6.45) is 1.73. The van der Waals surface area contributed by atoms with Crippen molar-refractivity contribution in [3.05, 3.63) is 35.4 Å². The molecule has 1 aromatic carbocycles. The second-order valence-corrected chi connectivity index (χ2v) is 6.74. The van der Waals surface area contributed by atoms with Crippen molar-refractivity contribution < 1.29 is 23.9 Å². The monoisotopic (exact) mass is 347 g/mol. The zero-order valence-electron chi connectivity index (χ0n) is 14.9. The molecule has 0 aliphatic carbocycles. The van der Waals surface area contributed by atoms with Crippen LogP contribution in [0.4, 0.5) is 0 Å². The maximum absolute atomic E-state index is 12.2. The highest BCUT2D eigenvalue weighted by Gasteiger charge is 2.37. The van der Waals surface area contributed by atoms with Crippen LogP contribution < -0.4 is 0 Å². The normalized spacial score (nSPS) is 29.2. The maximum Gasteiger partial charge on any atom is 0.285 e. The lowest BCUT2D eigenvalue weighted by Gasteiger charge is -2.38. The average molecular weight is 347 g/mol. The molecule has 25 heavy (non-hydrogen) atoms. The fraction of sp³-hybridized carbons (Fsp3) is 0.579. The molecule has 1 aromatic rings. The fourth-order valence-electron chi connectivity index (χ4n) is 3.43. The minimum Gasteiger partial charge on any atom is -0.350 e. The zero-order chi connectivity index (χ0) is 18.0. The van der Waals surface area contributed by atoms with Crippen LogP contribution in [0.3, 0.4) is 0 Å². The molecule has 0 N–H and O–H groups in total. The predicted molar refractivity (Wildman–Crippen MR) is 90.7 cm³/mol. The van der Waals surface area contributed by atoms with Gasteiger partial charge >= 0.3 is 0 Å². The molecule has 1 fully saturated rings. The number of hydrogen-bond donors (Lipinski definition) is 0. The van der Waals surface area contributed by atoms with Crippen molar-refractivity contribution in [3.63, 3.8) is 0 Å². The number of imide groups is 1. The van der Waals surface area contributed by atoms with Crippen molar-refractivity contribution in [2.45, 2.75) is 46.0 Å². The summed E-state index contributed by atoms with van der Waals surface area (Å²) in [5.74, 6) is 0.186. The molecule has 2 amide bonds. The zero-order valence-corrected chi connectivity index (χ0v) is 14.9. The van der Waals surface area contributed by atoms with Crippen LogP contribution in [0.25, 0.3) is 0 Å². The molecule has 136 valence electrons. The standard InChI is InChI=1S/C19H25NO5/c1-4-16-13(3)12(2)11-17(25-16)23-9-10-24-20-18(21)14-7-5-6-8-15(14)19(20)22/h5-8,12-13,16-17H,4,9-11H2,1-3H3/t12-,13+,16?,17+/m1/s1. The summed E-state index contributed by atoms with van der Waals surface area (Å²) in [7, 11) is 0. The minimum atomic E-state index is -0.428. The lowest BCUT2D eigenvalue weighted by atomic mass is 9.84. The number of benzene rings is 1. The SMILES string of the molecule is CCC1O[C@H](OCCON2C(=O)c3ccccc3C2=O)C[C@@H](C)[C@@H]1C. The highest BCUT2D eigenvalue weighted by Crippen LogP contribution is 2.32. The molecular formula is C19H25NO5. The van der Waals surface area contributed by atoms with Crippen molar-refractivity contribution >= 4 is 11.8 Å². The van der Waals surface area contributed by atoms with Gasteiger partial charge in [-0.05, 0) is 30.4 Å². The number of amides is 2. The van der Waals surface area contributed by atoms with E-state index in [0.29, 0.717) is 23.0 Å². The smallest absolute Gasteiger partial charge is 0.285 e. The molecule has 6 nitrogen and oxygen atoms in total. The molecule has 0 spiro atoms. The van der Waals surface area contributed by atoms with Crippen LogP contribution in [0.2, 0.25) is 0 Å². The van der Waals surface area contributed by atoms with E-state index in [9.17, 15) is 9.59 Å². The molecule has 0 bridgehead atoms. The number of ether oxygens (including phenoxy) is 2. The Morgan fingerprint density at radius 3 is 2.36 bits per heavy atom. The van der Waals surface area contributed by atoms with Gasteiger partial charge in [0.25, 0.3) is 11.8 Å². The lowest BCUT2D eigenvalue weighted by molar-refractivity contribution is -0.230. The van der Waals surface area contributed by atoms with E-state index in [1.165, 1.54) is 0 Å². The first-order valence-corrected chi connectivity index (χ1v) is 8.90. The van der Waals surface area contributed by atoms with E-state index in [1.807, 2.05) is 0 Å². The Bertz CT molecular complexity index is 611. The van der Waals surface area contributed by atoms with Crippen molar-refractivity contribution in [2.24, 2.45) is 11.8 Å². The van der Waals surface area contributed by atoms with E-state index in [2.05, 4.69) is 20.8 Å². The Morgan fingerprint density at radius 2 is 1.76 bits per heavy atom. The van der Waals surface area contributed by atoms with E-state index in [4.69, 9.17) is 14.3 Å². The van der Waals surface area contributed by atoms with Gasteiger partial charge in [-0.2, -0.15) is 0 Å². The molecule has 0 radical (unpaired) electrons. The van der Waals surface area contributed by atoms with Crippen molar-refractivity contribution in [1.29, 1.82) is 0 Å². The first-order chi connectivity index (χ1) is 12.0. The summed E-state index contributed by atoms with van der Waals surface area (Å²) >= 11 is 0. The number of fused-ring (bicyclic) bond motifs is 1. The van der Waals surface area contributed by atoms with Crippen molar-refractivity contribution in [2.75, 3.05) is 13.2 Å². The van der Waals surface area contributed by atoms with E-state index < -0.39 is 11.8 Å². The number of carbonyl (C=O) groups is 2. The van der Waals surface area contributed by atoms with Gasteiger partial charge in [0.05, 0.1) is 30.4 Å². The van der Waals surface area contributed by atoms with Gasteiger partial charge in [-0.15, -0.1) is 5.06 Å². The maximum atomic E-state index is 12.2. The summed E-state index contributed by atoms with van der Waals surface area (Å²) in [6, 6.07) is 6.70. The predicted octanol–water partition coefficient (Wildman–Crippen LogP) is 3.03. The van der Waals surface area contributed by atoms with Crippen LogP contribution in [-0.2, 0) is 14.3 Å². The number of hydroxylamine groups is 2. The summed E-state index contributed by atoms with van der Waals surface area (Å²) < 4.78 is 11.7. The molecule has 4 atom stereocenters. The van der Waals surface area contributed by atoms with Gasteiger partial charge in [0, 0.05) is 6.42 Å². The quantitative estimate of drug-likeness (QED) is 0.585. The molecule has 2 aliphatic rings. The van der Waals surface area contributed by atoms with Crippen LogP contribution in [0.1, 0.15) is 54.3 Å². The van der Waals surface area contributed by atoms with Crippen molar-refractivity contribution in [3.8, 4) is 0 Å². The van der Waals surface area contributed by atoms with E-state index >= 15 is 0 Å². The number of nitrogens with zero attached hydrogens (tertiary/aromatic N) is 1. The van der Waals surface area contributed by atoms with E-state index in [1.54, 1.807) is 24.3 Å². The summed E-state index contributed by atoms with van der Waals surface area (Å²) in [6.45, 7) is 6.91. The van der Waals surface area contributed by atoms with Gasteiger partial charge in [0.2, 0.25) is 0 Å². The third-order valence-corrected chi connectivity index (χ3v) is 5.14. The Balaban J connectivity index is 1.47. The highest BCUT2D eigenvalue weighted by atomic mass is 16.7. The van der Waals surface area contributed by atoms with E-state index in [0.717, 1.165) is 17.9 Å². The third-order valence-electron chi connectivity index (χ3n) is 5.14. The largest absolute Gasteiger partial charge is 0.350 e. The van der Waals surface area contributed by atoms with Crippen molar-refractivity contribution in [1.82, 2.24) is 5.06 Å². The second kappa shape index (κ2) is 7.64. The summed E-state index contributed by atoms with van der Waals surface area (Å²) in [4.78, 5) is 29.7. The summed E-state index contributed by atoms with van der Waals surface area (Å²) in [5.41, 5.74) is 0.746. The molecule has 1 saturated heterocycles. The number of rotatable bonds is 6. The number of hydrogen-bond acceptors (Lipinski definition) is 5. The Morgan fingerprint density at radius 1 is 1.12 bits per heavy atom. The van der Waals surface area contributed by atoms with Gasteiger partial charge in [-0.1, -0.05) is 32.9 Å².